The molecule has 0 N–H and O–H groups in total. The Morgan fingerprint density at radius 3 is 2.63 bits per heavy atom. The maximum absolute atomic E-state index is 13.1. The van der Waals surface area contributed by atoms with Crippen LogP contribution < -0.4 is 11.2 Å². The molecular formula is C21H17ClN4O4. The van der Waals surface area contributed by atoms with Crippen molar-refractivity contribution >= 4 is 28.2 Å². The molecule has 2 aromatic rings. The van der Waals surface area contributed by atoms with Crippen LogP contribution in [0.3, 0.4) is 0 Å². The number of fused-ring (bicyclic) bond motifs is 2. The van der Waals surface area contributed by atoms with Crippen LogP contribution >= 0.6 is 11.6 Å². The van der Waals surface area contributed by atoms with Gasteiger partial charge in [0.05, 0.1) is 16.0 Å². The van der Waals surface area contributed by atoms with E-state index in [1.54, 1.807) is 41.0 Å². The van der Waals surface area contributed by atoms with Gasteiger partial charge in [-0.1, -0.05) is 31.0 Å². The molecule has 4 rings (SSSR count). The summed E-state index contributed by atoms with van der Waals surface area (Å²) in [5, 5.41) is 12.2. The van der Waals surface area contributed by atoms with E-state index in [0.29, 0.717) is 28.0 Å². The third-order valence-electron chi connectivity index (χ3n) is 4.93. The SMILES string of the molecule is CCCCn1c(=O)nc2n(-c3cccc(Cl)c3)c3ccc([N+](=O)[O-])cc3cc-2c1=O. The van der Waals surface area contributed by atoms with Gasteiger partial charge in [0, 0.05) is 34.8 Å². The Morgan fingerprint density at radius 1 is 1.13 bits per heavy atom. The molecule has 2 aliphatic heterocycles. The van der Waals surface area contributed by atoms with Gasteiger partial charge >= 0.3 is 5.69 Å². The Bertz CT molecular complexity index is 1380. The third-order valence-corrected chi connectivity index (χ3v) is 5.16. The Hall–Kier alpha value is -3.52. The van der Waals surface area contributed by atoms with Crippen molar-refractivity contribution in [1.29, 1.82) is 0 Å². The predicted octanol–water partition coefficient (Wildman–Crippen LogP) is 4.01. The van der Waals surface area contributed by atoms with E-state index in [1.165, 1.54) is 12.1 Å². The lowest BCUT2D eigenvalue weighted by Crippen LogP contribution is -2.38. The lowest BCUT2D eigenvalue weighted by molar-refractivity contribution is -0.384. The van der Waals surface area contributed by atoms with Crippen molar-refractivity contribution in [1.82, 2.24) is 14.1 Å². The van der Waals surface area contributed by atoms with Gasteiger partial charge in [0.15, 0.2) is 5.82 Å². The number of rotatable bonds is 5. The summed E-state index contributed by atoms with van der Waals surface area (Å²) in [6.07, 6.45) is 1.48. The number of non-ortho nitro benzene ring substituents is 1. The molecule has 0 atom stereocenters. The molecule has 152 valence electrons. The number of halogens is 1. The van der Waals surface area contributed by atoms with E-state index < -0.39 is 16.2 Å². The summed E-state index contributed by atoms with van der Waals surface area (Å²) in [6.45, 7) is 2.23. The second-order valence-electron chi connectivity index (χ2n) is 6.90. The summed E-state index contributed by atoms with van der Waals surface area (Å²) < 4.78 is 2.74. The van der Waals surface area contributed by atoms with Gasteiger partial charge in [0.25, 0.3) is 11.2 Å². The van der Waals surface area contributed by atoms with Crippen LogP contribution in [-0.2, 0) is 6.54 Å². The van der Waals surface area contributed by atoms with Crippen molar-refractivity contribution in [2.75, 3.05) is 0 Å². The normalized spacial score (nSPS) is 11.3. The Balaban J connectivity index is 2.15. The minimum atomic E-state index is -0.627. The highest BCUT2D eigenvalue weighted by molar-refractivity contribution is 6.30. The molecule has 30 heavy (non-hydrogen) atoms. The van der Waals surface area contributed by atoms with Gasteiger partial charge in [-0.3, -0.25) is 24.0 Å². The van der Waals surface area contributed by atoms with Crippen LogP contribution in [0.5, 0.6) is 0 Å². The molecule has 2 heterocycles. The first kappa shape index (κ1) is 19.8. The maximum atomic E-state index is 13.1. The van der Waals surface area contributed by atoms with Gasteiger partial charge in [-0.15, -0.1) is 0 Å². The van der Waals surface area contributed by atoms with Crippen LogP contribution in [0.4, 0.5) is 5.69 Å². The van der Waals surface area contributed by atoms with Crippen LogP contribution in [-0.4, -0.2) is 19.0 Å². The highest BCUT2D eigenvalue weighted by Crippen LogP contribution is 2.30. The van der Waals surface area contributed by atoms with Crippen molar-refractivity contribution in [3.63, 3.8) is 0 Å². The quantitative estimate of drug-likeness (QED) is 0.273. The van der Waals surface area contributed by atoms with Crippen LogP contribution in [0, 0.1) is 10.1 Å². The minimum Gasteiger partial charge on any atom is -0.294 e. The Kier molecular flexibility index (Phi) is 5.09. The monoisotopic (exact) mass is 424 g/mol. The summed E-state index contributed by atoms with van der Waals surface area (Å²) in [5.41, 5.74) is 0.163. The zero-order valence-electron chi connectivity index (χ0n) is 16.0. The number of hydrogen-bond acceptors (Lipinski definition) is 5. The molecule has 0 bridgehead atoms. The number of hydrogen-bond donors (Lipinski definition) is 0. The van der Waals surface area contributed by atoms with Gasteiger partial charge < -0.3 is 0 Å². The zero-order valence-corrected chi connectivity index (χ0v) is 16.8. The van der Waals surface area contributed by atoms with E-state index >= 15 is 0 Å². The number of nitro groups is 1. The lowest BCUT2D eigenvalue weighted by Gasteiger charge is -2.19. The van der Waals surface area contributed by atoms with Crippen LogP contribution in [0.2, 0.25) is 5.02 Å². The largest absolute Gasteiger partial charge is 0.352 e. The average Bonchev–Trinajstić information content (AvgIpc) is 2.72. The molecule has 0 aliphatic carbocycles. The fourth-order valence-corrected chi connectivity index (χ4v) is 3.65. The molecule has 0 fully saturated rings. The predicted molar refractivity (Wildman–Crippen MR) is 115 cm³/mol. The van der Waals surface area contributed by atoms with Crippen molar-refractivity contribution in [2.45, 2.75) is 26.3 Å². The molecule has 2 aliphatic rings. The van der Waals surface area contributed by atoms with E-state index in [2.05, 4.69) is 4.98 Å². The first-order chi connectivity index (χ1) is 14.4. The fourth-order valence-electron chi connectivity index (χ4n) is 3.47. The standard InChI is InChI=1S/C21H17ClN4O4/c1-2-3-9-24-20(27)17-11-13-10-16(26(29)30)7-8-18(13)25(19(17)23-21(24)28)15-6-4-5-14(22)12-15/h4-8,10-12H,2-3,9H2,1H3. The minimum absolute atomic E-state index is 0.0980. The summed E-state index contributed by atoms with van der Waals surface area (Å²) in [6, 6.07) is 12.8. The number of pyridine rings is 1. The summed E-state index contributed by atoms with van der Waals surface area (Å²) in [5.74, 6) is 0.182. The van der Waals surface area contributed by atoms with Gasteiger partial charge in [-0.05, 0) is 36.8 Å². The summed E-state index contributed by atoms with van der Waals surface area (Å²) in [4.78, 5) is 40.7. The molecule has 2 aromatic carbocycles. The smallest absolute Gasteiger partial charge is 0.294 e. The van der Waals surface area contributed by atoms with Crippen molar-refractivity contribution < 1.29 is 4.92 Å². The topological polar surface area (TPSA) is 100 Å². The highest BCUT2D eigenvalue weighted by atomic mass is 35.5. The molecule has 0 saturated heterocycles. The Morgan fingerprint density at radius 2 is 1.93 bits per heavy atom. The van der Waals surface area contributed by atoms with E-state index in [-0.39, 0.29) is 23.6 Å². The first-order valence-electron chi connectivity index (χ1n) is 9.41. The number of benzene rings is 2. The summed E-state index contributed by atoms with van der Waals surface area (Å²) >= 11 is 6.16. The molecule has 0 amide bonds. The fraction of sp³-hybridized carbons (Fsp3) is 0.190. The molecule has 0 aromatic heterocycles. The van der Waals surface area contributed by atoms with E-state index in [0.717, 1.165) is 11.0 Å². The number of aromatic nitrogens is 3. The van der Waals surface area contributed by atoms with Crippen LogP contribution in [0.25, 0.3) is 28.0 Å². The van der Waals surface area contributed by atoms with Gasteiger partial charge in [-0.2, -0.15) is 4.98 Å². The maximum Gasteiger partial charge on any atom is 0.352 e. The van der Waals surface area contributed by atoms with E-state index in [1.807, 2.05) is 6.92 Å². The third kappa shape index (κ3) is 3.35. The second kappa shape index (κ2) is 7.72. The van der Waals surface area contributed by atoms with Crippen LogP contribution in [0.15, 0.2) is 58.1 Å². The number of nitrogens with zero attached hydrogens (tertiary/aromatic N) is 4. The van der Waals surface area contributed by atoms with Gasteiger partial charge in [-0.25, -0.2) is 4.79 Å². The average molecular weight is 425 g/mol. The molecule has 8 nitrogen and oxygen atoms in total. The van der Waals surface area contributed by atoms with E-state index in [9.17, 15) is 19.7 Å². The summed E-state index contributed by atoms with van der Waals surface area (Å²) in [7, 11) is 0. The number of nitro benzene ring substituents is 1. The second-order valence-corrected chi connectivity index (χ2v) is 7.34. The molecule has 0 spiro atoms. The zero-order chi connectivity index (χ0) is 21.4. The molecule has 0 unspecified atom stereocenters. The van der Waals surface area contributed by atoms with Crippen LogP contribution in [0.1, 0.15) is 19.8 Å². The molecular weight excluding hydrogens is 408 g/mol. The number of unbranched alkanes of at least 4 members (excludes halogenated alkanes) is 1. The Labute approximate surface area is 175 Å². The highest BCUT2D eigenvalue weighted by Gasteiger charge is 2.22. The van der Waals surface area contributed by atoms with Crippen molar-refractivity contribution in [3.05, 3.63) is 84.5 Å². The lowest BCUT2D eigenvalue weighted by atomic mass is 10.1. The van der Waals surface area contributed by atoms with Gasteiger partial charge in [0.1, 0.15) is 0 Å². The molecule has 0 radical (unpaired) electrons. The van der Waals surface area contributed by atoms with E-state index in [4.69, 9.17) is 11.6 Å². The van der Waals surface area contributed by atoms with Crippen molar-refractivity contribution in [3.8, 4) is 17.1 Å². The molecule has 0 saturated carbocycles. The molecule has 9 heteroatoms. The van der Waals surface area contributed by atoms with Crippen molar-refractivity contribution in [2.24, 2.45) is 0 Å². The first-order valence-corrected chi connectivity index (χ1v) is 9.79. The van der Waals surface area contributed by atoms with Gasteiger partial charge in [0.2, 0.25) is 0 Å².